The molecule has 4 nitrogen and oxygen atoms in total. The molecule has 0 radical (unpaired) electrons. The van der Waals surface area contributed by atoms with Gasteiger partial charge in [-0.3, -0.25) is 9.89 Å². The van der Waals surface area contributed by atoms with Gasteiger partial charge in [0.05, 0.1) is 0 Å². The molecule has 2 rings (SSSR count). The van der Waals surface area contributed by atoms with Crippen molar-refractivity contribution in [1.29, 1.82) is 0 Å². The molecule has 1 saturated heterocycles. The van der Waals surface area contributed by atoms with Crippen LogP contribution in [0, 0.1) is 0 Å². The summed E-state index contributed by atoms with van der Waals surface area (Å²) in [5.74, 6) is 1.00. The second-order valence-corrected chi connectivity index (χ2v) is 4.32. The summed E-state index contributed by atoms with van der Waals surface area (Å²) in [6.45, 7) is 7.76. The van der Waals surface area contributed by atoms with E-state index in [0.717, 1.165) is 32.0 Å². The third-order valence-corrected chi connectivity index (χ3v) is 3.31. The third kappa shape index (κ3) is 3.76. The maximum absolute atomic E-state index is 4.42. The Hall–Kier alpha value is -0.0400. The van der Waals surface area contributed by atoms with Crippen molar-refractivity contribution in [2.75, 3.05) is 32.7 Å². The highest BCUT2D eigenvalue weighted by molar-refractivity contribution is 14.0. The van der Waals surface area contributed by atoms with Gasteiger partial charge in [-0.05, 0) is 32.4 Å². The van der Waals surface area contributed by atoms with Crippen LogP contribution in [0.2, 0.25) is 0 Å². The van der Waals surface area contributed by atoms with Gasteiger partial charge in [-0.2, -0.15) is 0 Å². The lowest BCUT2D eigenvalue weighted by Gasteiger charge is -2.24. The number of likely N-dealkylation sites (tertiary alicyclic amines) is 1. The zero-order valence-corrected chi connectivity index (χ0v) is 12.4. The van der Waals surface area contributed by atoms with Gasteiger partial charge < -0.3 is 10.6 Å². The smallest absolute Gasteiger partial charge is 0.191 e. The minimum atomic E-state index is 0. The van der Waals surface area contributed by atoms with Crippen molar-refractivity contribution in [3.05, 3.63) is 0 Å². The van der Waals surface area contributed by atoms with E-state index in [-0.39, 0.29) is 24.0 Å². The second-order valence-electron chi connectivity index (χ2n) is 4.32. The van der Waals surface area contributed by atoms with Crippen LogP contribution in [-0.4, -0.2) is 49.6 Å². The van der Waals surface area contributed by atoms with Crippen LogP contribution in [0.4, 0.5) is 0 Å². The normalized spacial score (nSPS) is 25.6. The highest BCUT2D eigenvalue weighted by atomic mass is 127. The standard InChI is InChI=1S/C11H22N4.HI/c1-2-15-8-3-5-10(15)9-14-11-12-6-4-7-13-11;/h10H,2-9H2,1H3,(H2,12,13,14);1H. The van der Waals surface area contributed by atoms with E-state index < -0.39 is 0 Å². The summed E-state index contributed by atoms with van der Waals surface area (Å²) in [6, 6.07) is 0.710. The lowest BCUT2D eigenvalue weighted by Crippen LogP contribution is -2.46. The molecule has 16 heavy (non-hydrogen) atoms. The number of halogens is 1. The van der Waals surface area contributed by atoms with Crippen LogP contribution in [0.25, 0.3) is 0 Å². The van der Waals surface area contributed by atoms with Gasteiger partial charge in [-0.25, -0.2) is 0 Å². The molecule has 0 bridgehead atoms. The van der Waals surface area contributed by atoms with Gasteiger partial charge in [0, 0.05) is 25.7 Å². The Morgan fingerprint density at radius 1 is 1.50 bits per heavy atom. The molecule has 1 atom stereocenters. The number of aliphatic imine (C=N–C) groups is 1. The highest BCUT2D eigenvalue weighted by Crippen LogP contribution is 2.15. The topological polar surface area (TPSA) is 39.7 Å². The van der Waals surface area contributed by atoms with Crippen molar-refractivity contribution < 1.29 is 0 Å². The summed E-state index contributed by atoms with van der Waals surface area (Å²) in [4.78, 5) is 6.97. The molecule has 0 saturated carbocycles. The van der Waals surface area contributed by atoms with Gasteiger partial charge in [0.1, 0.15) is 0 Å². The Kier molecular flexibility index (Phi) is 6.41. The Bertz CT molecular complexity index is 232. The average Bonchev–Trinajstić information content (AvgIpc) is 2.75. The lowest BCUT2D eigenvalue weighted by atomic mass is 10.2. The van der Waals surface area contributed by atoms with Crippen molar-refractivity contribution in [2.45, 2.75) is 32.2 Å². The number of hydrogen-bond acceptors (Lipinski definition) is 4. The predicted octanol–water partition coefficient (Wildman–Crippen LogP) is 1.03. The zero-order chi connectivity index (χ0) is 10.5. The van der Waals surface area contributed by atoms with Gasteiger partial charge in [-0.1, -0.05) is 6.92 Å². The molecule has 0 aromatic heterocycles. The summed E-state index contributed by atoms with van der Waals surface area (Å²) in [5.41, 5.74) is 0. The Morgan fingerprint density at radius 2 is 2.38 bits per heavy atom. The summed E-state index contributed by atoms with van der Waals surface area (Å²) < 4.78 is 0. The minimum absolute atomic E-state index is 0. The van der Waals surface area contributed by atoms with E-state index in [1.165, 1.54) is 25.9 Å². The molecular weight excluding hydrogens is 315 g/mol. The summed E-state index contributed by atoms with van der Waals surface area (Å²) in [7, 11) is 0. The molecule has 0 spiro atoms. The number of nitrogens with zero attached hydrogens (tertiary/aromatic N) is 2. The Balaban J connectivity index is 0.00000128. The van der Waals surface area contributed by atoms with E-state index in [1.54, 1.807) is 0 Å². The van der Waals surface area contributed by atoms with Crippen LogP contribution in [0.1, 0.15) is 26.2 Å². The summed E-state index contributed by atoms with van der Waals surface area (Å²) in [5, 5.41) is 6.72. The van der Waals surface area contributed by atoms with Crippen molar-refractivity contribution in [1.82, 2.24) is 15.5 Å². The fraction of sp³-hybridized carbons (Fsp3) is 0.909. The molecule has 0 aromatic carbocycles. The van der Waals surface area contributed by atoms with Crippen molar-refractivity contribution in [3.63, 3.8) is 0 Å². The van der Waals surface area contributed by atoms with Crippen molar-refractivity contribution in [2.24, 2.45) is 4.99 Å². The molecule has 0 aromatic rings. The van der Waals surface area contributed by atoms with E-state index in [1.807, 2.05) is 0 Å². The van der Waals surface area contributed by atoms with Crippen LogP contribution in [0.15, 0.2) is 4.99 Å². The van der Waals surface area contributed by atoms with Gasteiger partial charge in [-0.15, -0.1) is 24.0 Å². The van der Waals surface area contributed by atoms with E-state index in [0.29, 0.717) is 6.04 Å². The predicted molar refractivity (Wildman–Crippen MR) is 78.6 cm³/mol. The molecule has 5 heteroatoms. The summed E-state index contributed by atoms with van der Waals surface area (Å²) in [6.07, 6.45) is 3.84. The number of rotatable bonds is 3. The molecule has 2 aliphatic rings. The van der Waals surface area contributed by atoms with Gasteiger partial charge in [0.25, 0.3) is 0 Å². The number of guanidine groups is 1. The van der Waals surface area contributed by atoms with Gasteiger partial charge >= 0.3 is 0 Å². The maximum Gasteiger partial charge on any atom is 0.191 e. The number of likely N-dealkylation sites (N-methyl/N-ethyl adjacent to an activating group) is 1. The SMILES string of the molecule is CCN1CCCC1CNC1=NCCCN1.I. The first-order chi connectivity index (χ1) is 7.40. The van der Waals surface area contributed by atoms with Crippen LogP contribution in [0.3, 0.4) is 0 Å². The number of hydrogen-bond donors (Lipinski definition) is 2. The molecule has 0 amide bonds. The van der Waals surface area contributed by atoms with Gasteiger partial charge in [0.2, 0.25) is 0 Å². The quantitative estimate of drug-likeness (QED) is 0.755. The maximum atomic E-state index is 4.42. The number of nitrogens with one attached hydrogen (secondary N) is 2. The molecule has 1 unspecified atom stereocenters. The van der Waals surface area contributed by atoms with Crippen LogP contribution in [-0.2, 0) is 0 Å². The van der Waals surface area contributed by atoms with E-state index >= 15 is 0 Å². The average molecular weight is 338 g/mol. The van der Waals surface area contributed by atoms with Crippen LogP contribution in [0.5, 0.6) is 0 Å². The Labute approximate surface area is 115 Å². The Morgan fingerprint density at radius 3 is 3.06 bits per heavy atom. The first kappa shape index (κ1) is 14.0. The molecule has 2 aliphatic heterocycles. The molecule has 94 valence electrons. The zero-order valence-electron chi connectivity index (χ0n) is 10.0. The van der Waals surface area contributed by atoms with Crippen LogP contribution >= 0.6 is 24.0 Å². The molecule has 1 fully saturated rings. The fourth-order valence-corrected chi connectivity index (χ4v) is 2.41. The minimum Gasteiger partial charge on any atom is -0.356 e. The largest absolute Gasteiger partial charge is 0.356 e. The molecular formula is C11H23IN4. The highest BCUT2D eigenvalue weighted by Gasteiger charge is 2.22. The molecule has 0 aliphatic carbocycles. The van der Waals surface area contributed by atoms with Crippen molar-refractivity contribution >= 4 is 29.9 Å². The lowest BCUT2D eigenvalue weighted by molar-refractivity contribution is 0.267. The second kappa shape index (κ2) is 7.32. The van der Waals surface area contributed by atoms with Gasteiger partial charge in [0.15, 0.2) is 5.96 Å². The first-order valence-corrected chi connectivity index (χ1v) is 6.16. The first-order valence-electron chi connectivity index (χ1n) is 6.16. The third-order valence-electron chi connectivity index (χ3n) is 3.31. The van der Waals surface area contributed by atoms with Crippen molar-refractivity contribution in [3.8, 4) is 0 Å². The fourth-order valence-electron chi connectivity index (χ4n) is 2.41. The van der Waals surface area contributed by atoms with E-state index in [9.17, 15) is 0 Å². The van der Waals surface area contributed by atoms with E-state index in [4.69, 9.17) is 0 Å². The molecule has 2 heterocycles. The van der Waals surface area contributed by atoms with E-state index in [2.05, 4.69) is 27.4 Å². The monoisotopic (exact) mass is 338 g/mol. The van der Waals surface area contributed by atoms with Crippen LogP contribution < -0.4 is 10.6 Å². The summed E-state index contributed by atoms with van der Waals surface area (Å²) >= 11 is 0. The molecule has 2 N–H and O–H groups in total.